The van der Waals surface area contributed by atoms with E-state index in [4.69, 9.17) is 16.9 Å². The molecule has 0 fully saturated rings. The maximum Gasteiger partial charge on any atom is 0.237 e. The minimum Gasteiger partial charge on any atom is -0.325 e. The maximum atomic E-state index is 12.5. The molecule has 1 unspecified atom stereocenters. The zero-order valence-electron chi connectivity index (χ0n) is 15.4. The first-order valence-corrected chi connectivity index (χ1v) is 9.94. The van der Waals surface area contributed by atoms with Crippen LogP contribution in [0.4, 0.5) is 5.69 Å². The van der Waals surface area contributed by atoms with E-state index in [1.807, 2.05) is 36.6 Å². The Balaban J connectivity index is 1.75. The van der Waals surface area contributed by atoms with Gasteiger partial charge in [0.25, 0.3) is 0 Å². The number of carbonyl (C=O) groups is 1. The van der Waals surface area contributed by atoms with Gasteiger partial charge < -0.3 is 9.88 Å². The van der Waals surface area contributed by atoms with Gasteiger partial charge in [0, 0.05) is 22.8 Å². The van der Waals surface area contributed by atoms with Crippen molar-refractivity contribution in [1.29, 1.82) is 5.26 Å². The van der Waals surface area contributed by atoms with Gasteiger partial charge >= 0.3 is 0 Å². The lowest BCUT2D eigenvalue weighted by molar-refractivity contribution is -0.115. The van der Waals surface area contributed by atoms with Gasteiger partial charge in [-0.25, -0.2) is 0 Å². The number of nitriles is 1. The predicted molar refractivity (Wildman–Crippen MR) is 111 cm³/mol. The van der Waals surface area contributed by atoms with Crippen molar-refractivity contribution < 1.29 is 4.79 Å². The molecule has 0 bridgehead atoms. The van der Waals surface area contributed by atoms with E-state index < -0.39 is 5.25 Å². The molecular weight excluding hydrogens is 394 g/mol. The number of thioether (sulfide) groups is 1. The third-order valence-corrected chi connectivity index (χ3v) is 5.34. The second-order valence-electron chi connectivity index (χ2n) is 6.00. The Morgan fingerprint density at radius 2 is 2.07 bits per heavy atom. The van der Waals surface area contributed by atoms with Gasteiger partial charge in [-0.1, -0.05) is 41.6 Å². The third kappa shape index (κ3) is 4.53. The van der Waals surface area contributed by atoms with Crippen LogP contribution in [0, 0.1) is 11.3 Å². The minimum atomic E-state index is -0.396. The van der Waals surface area contributed by atoms with Crippen LogP contribution in [0.2, 0.25) is 5.02 Å². The first-order valence-electron chi connectivity index (χ1n) is 8.68. The molecule has 142 valence electrons. The number of carbonyl (C=O) groups excluding carboxylic acids is 1. The van der Waals surface area contributed by atoms with E-state index in [0.29, 0.717) is 33.8 Å². The van der Waals surface area contributed by atoms with E-state index in [0.717, 1.165) is 5.56 Å². The molecule has 8 heteroatoms. The van der Waals surface area contributed by atoms with E-state index in [1.54, 1.807) is 30.3 Å². The monoisotopic (exact) mass is 411 g/mol. The van der Waals surface area contributed by atoms with Crippen LogP contribution in [-0.2, 0) is 11.3 Å². The molecule has 1 atom stereocenters. The zero-order chi connectivity index (χ0) is 20.1. The summed E-state index contributed by atoms with van der Waals surface area (Å²) in [5.41, 5.74) is 1.96. The molecule has 6 nitrogen and oxygen atoms in total. The van der Waals surface area contributed by atoms with E-state index in [2.05, 4.69) is 21.6 Å². The number of benzene rings is 2. The zero-order valence-corrected chi connectivity index (χ0v) is 17.0. The first-order chi connectivity index (χ1) is 13.5. The largest absolute Gasteiger partial charge is 0.325 e. The van der Waals surface area contributed by atoms with Crippen LogP contribution in [0.3, 0.4) is 0 Å². The Labute approximate surface area is 172 Å². The highest BCUT2D eigenvalue weighted by Gasteiger charge is 2.20. The van der Waals surface area contributed by atoms with Crippen molar-refractivity contribution in [2.24, 2.45) is 0 Å². The van der Waals surface area contributed by atoms with Crippen LogP contribution in [0.25, 0.3) is 11.4 Å². The molecule has 28 heavy (non-hydrogen) atoms. The molecule has 1 heterocycles. The topological polar surface area (TPSA) is 83.6 Å². The Bertz CT molecular complexity index is 1040. The van der Waals surface area contributed by atoms with E-state index in [-0.39, 0.29) is 5.91 Å². The normalized spacial score (nSPS) is 11.6. The minimum absolute atomic E-state index is 0.171. The molecule has 0 aliphatic heterocycles. The first kappa shape index (κ1) is 19.9. The molecule has 1 aromatic heterocycles. The van der Waals surface area contributed by atoms with Crippen molar-refractivity contribution in [2.75, 3.05) is 5.32 Å². The number of amides is 1. The van der Waals surface area contributed by atoms with Crippen molar-refractivity contribution in [3.05, 3.63) is 59.1 Å². The average Bonchev–Trinajstić information content (AvgIpc) is 3.10. The third-order valence-electron chi connectivity index (χ3n) is 4.03. The molecule has 2 aromatic carbocycles. The fraction of sp³-hybridized carbons (Fsp3) is 0.200. The summed E-state index contributed by atoms with van der Waals surface area (Å²) in [5, 5.41) is 21.2. The van der Waals surface area contributed by atoms with Gasteiger partial charge in [-0.2, -0.15) is 5.26 Å². The summed E-state index contributed by atoms with van der Waals surface area (Å²) in [6, 6.07) is 16.3. The number of anilines is 1. The number of aromatic nitrogens is 3. The van der Waals surface area contributed by atoms with Crippen LogP contribution in [-0.4, -0.2) is 25.9 Å². The predicted octanol–water partition coefficient (Wildman–Crippen LogP) is 4.61. The van der Waals surface area contributed by atoms with E-state index >= 15 is 0 Å². The molecule has 0 saturated carbocycles. The number of hydrogen-bond donors (Lipinski definition) is 1. The van der Waals surface area contributed by atoms with Crippen LogP contribution >= 0.6 is 23.4 Å². The quantitative estimate of drug-likeness (QED) is 0.599. The van der Waals surface area contributed by atoms with E-state index in [1.165, 1.54) is 11.8 Å². The van der Waals surface area contributed by atoms with Gasteiger partial charge in [-0.3, -0.25) is 4.79 Å². The SMILES string of the molecule is CCn1c(SC(C)C(=O)Nc2cccc(C#N)c2)nnc1-c1cccc(Cl)c1. The lowest BCUT2D eigenvalue weighted by atomic mass is 10.2. The average molecular weight is 412 g/mol. The molecule has 0 spiro atoms. The Hall–Kier alpha value is -2.82. The number of nitrogens with zero attached hydrogens (tertiary/aromatic N) is 4. The number of nitrogens with one attached hydrogen (secondary N) is 1. The Kier molecular flexibility index (Phi) is 6.34. The highest BCUT2D eigenvalue weighted by molar-refractivity contribution is 8.00. The molecule has 3 rings (SSSR count). The van der Waals surface area contributed by atoms with Crippen molar-refractivity contribution >= 4 is 35.0 Å². The number of halogens is 1. The fourth-order valence-corrected chi connectivity index (χ4v) is 3.73. The summed E-state index contributed by atoms with van der Waals surface area (Å²) < 4.78 is 1.95. The van der Waals surface area contributed by atoms with Crippen LogP contribution in [0.5, 0.6) is 0 Å². The summed E-state index contributed by atoms with van der Waals surface area (Å²) >= 11 is 7.42. The number of rotatable bonds is 6. The summed E-state index contributed by atoms with van der Waals surface area (Å²) in [7, 11) is 0. The fourth-order valence-electron chi connectivity index (χ4n) is 2.62. The van der Waals surface area contributed by atoms with Gasteiger partial charge in [0.15, 0.2) is 11.0 Å². The van der Waals surface area contributed by atoms with Gasteiger partial charge in [0.05, 0.1) is 16.9 Å². The highest BCUT2D eigenvalue weighted by atomic mass is 35.5. The van der Waals surface area contributed by atoms with Crippen molar-refractivity contribution in [2.45, 2.75) is 30.8 Å². The standard InChI is InChI=1S/C20H18ClN5OS/c1-3-26-18(15-7-5-8-16(21)11-15)24-25-20(26)28-13(2)19(27)23-17-9-4-6-14(10-17)12-22/h4-11,13H,3H2,1-2H3,(H,23,27). The summed E-state index contributed by atoms with van der Waals surface area (Å²) in [6.07, 6.45) is 0. The van der Waals surface area contributed by atoms with Gasteiger partial charge in [-0.05, 0) is 44.2 Å². The van der Waals surface area contributed by atoms with Gasteiger partial charge in [0.1, 0.15) is 0 Å². The van der Waals surface area contributed by atoms with Gasteiger partial charge in [-0.15, -0.1) is 10.2 Å². The maximum absolute atomic E-state index is 12.5. The second-order valence-corrected chi connectivity index (χ2v) is 7.75. The summed E-state index contributed by atoms with van der Waals surface area (Å²) in [6.45, 7) is 4.47. The smallest absolute Gasteiger partial charge is 0.237 e. The van der Waals surface area contributed by atoms with E-state index in [9.17, 15) is 4.79 Å². The molecule has 1 N–H and O–H groups in total. The van der Waals surface area contributed by atoms with Crippen molar-refractivity contribution in [3.8, 4) is 17.5 Å². The van der Waals surface area contributed by atoms with Crippen LogP contribution in [0.15, 0.2) is 53.7 Å². The molecule has 0 aliphatic rings. The Morgan fingerprint density at radius 1 is 1.29 bits per heavy atom. The van der Waals surface area contributed by atoms with Crippen LogP contribution < -0.4 is 5.32 Å². The lowest BCUT2D eigenvalue weighted by Gasteiger charge is -2.13. The van der Waals surface area contributed by atoms with Crippen molar-refractivity contribution in [3.63, 3.8) is 0 Å². The molecular formula is C20H18ClN5OS. The summed E-state index contributed by atoms with van der Waals surface area (Å²) in [5.74, 6) is 0.539. The molecule has 0 aliphatic carbocycles. The van der Waals surface area contributed by atoms with Crippen LogP contribution in [0.1, 0.15) is 19.4 Å². The molecule has 0 radical (unpaired) electrons. The highest BCUT2D eigenvalue weighted by Crippen LogP contribution is 2.28. The van der Waals surface area contributed by atoms with Crippen molar-refractivity contribution in [1.82, 2.24) is 14.8 Å². The molecule has 1 amide bonds. The summed E-state index contributed by atoms with van der Waals surface area (Å²) in [4.78, 5) is 12.5. The second kappa shape index (κ2) is 8.91. The molecule has 0 saturated heterocycles. The Morgan fingerprint density at radius 3 is 2.79 bits per heavy atom. The number of hydrogen-bond acceptors (Lipinski definition) is 5. The molecule has 3 aromatic rings. The van der Waals surface area contributed by atoms with Gasteiger partial charge in [0.2, 0.25) is 5.91 Å². The lowest BCUT2D eigenvalue weighted by Crippen LogP contribution is -2.23.